The van der Waals surface area contributed by atoms with E-state index in [4.69, 9.17) is 23.2 Å². The smallest absolute Gasteiger partial charge is 0.0424 e. The second kappa shape index (κ2) is 5.17. The molecule has 17 heavy (non-hydrogen) atoms. The van der Waals surface area contributed by atoms with Gasteiger partial charge in [0, 0.05) is 16.6 Å². The van der Waals surface area contributed by atoms with E-state index < -0.39 is 0 Å². The van der Waals surface area contributed by atoms with Gasteiger partial charge in [-0.3, -0.25) is 4.90 Å². The van der Waals surface area contributed by atoms with E-state index >= 15 is 0 Å². The Morgan fingerprint density at radius 2 is 1.59 bits per heavy atom. The van der Waals surface area contributed by atoms with Crippen molar-refractivity contribution in [1.29, 1.82) is 0 Å². The fourth-order valence-electron chi connectivity index (χ4n) is 2.28. The molecule has 0 unspecified atom stereocenters. The van der Waals surface area contributed by atoms with Crippen LogP contribution in [0.4, 0.5) is 0 Å². The molecule has 1 aliphatic rings. The SMILES string of the molecule is CC1(C)CCN(Cc2cc(Cl)cc(Cl)c2)CC1. The number of nitrogens with zero attached hydrogens (tertiary/aromatic N) is 1. The minimum Gasteiger partial charge on any atom is -0.299 e. The van der Waals surface area contributed by atoms with Gasteiger partial charge >= 0.3 is 0 Å². The zero-order chi connectivity index (χ0) is 12.5. The first kappa shape index (κ1) is 13.2. The predicted molar refractivity (Wildman–Crippen MR) is 74.8 cm³/mol. The summed E-state index contributed by atoms with van der Waals surface area (Å²) in [5, 5.41) is 1.45. The maximum atomic E-state index is 6.01. The molecule has 1 fully saturated rings. The van der Waals surface area contributed by atoms with Gasteiger partial charge in [0.25, 0.3) is 0 Å². The van der Waals surface area contributed by atoms with Gasteiger partial charge in [0.15, 0.2) is 0 Å². The summed E-state index contributed by atoms with van der Waals surface area (Å²) >= 11 is 12.0. The quantitative estimate of drug-likeness (QED) is 0.759. The van der Waals surface area contributed by atoms with Gasteiger partial charge in [-0.15, -0.1) is 0 Å². The molecule has 0 spiro atoms. The Bertz CT molecular complexity index is 371. The molecule has 2 rings (SSSR count). The van der Waals surface area contributed by atoms with Gasteiger partial charge in [-0.25, -0.2) is 0 Å². The van der Waals surface area contributed by atoms with Gasteiger partial charge in [-0.1, -0.05) is 37.0 Å². The van der Waals surface area contributed by atoms with E-state index in [2.05, 4.69) is 18.7 Å². The van der Waals surface area contributed by atoms with Crippen molar-refractivity contribution in [3.8, 4) is 0 Å². The monoisotopic (exact) mass is 271 g/mol. The third-order valence-corrected chi connectivity index (χ3v) is 3.97. The van der Waals surface area contributed by atoms with Gasteiger partial charge in [-0.05, 0) is 55.1 Å². The van der Waals surface area contributed by atoms with Gasteiger partial charge in [0.05, 0.1) is 0 Å². The molecule has 3 heteroatoms. The molecule has 0 aliphatic carbocycles. The molecule has 1 aliphatic heterocycles. The minimum atomic E-state index is 0.502. The normalized spacial score (nSPS) is 20.5. The van der Waals surface area contributed by atoms with Crippen LogP contribution in [0, 0.1) is 5.41 Å². The number of rotatable bonds is 2. The van der Waals surface area contributed by atoms with Gasteiger partial charge < -0.3 is 0 Å². The summed E-state index contributed by atoms with van der Waals surface area (Å²) in [5.41, 5.74) is 1.71. The summed E-state index contributed by atoms with van der Waals surface area (Å²) in [6, 6.07) is 5.80. The molecule has 0 amide bonds. The molecule has 94 valence electrons. The lowest BCUT2D eigenvalue weighted by Crippen LogP contribution is -2.36. The molecule has 0 aromatic heterocycles. The molecule has 1 aromatic carbocycles. The number of likely N-dealkylation sites (tertiary alicyclic amines) is 1. The molecule has 1 saturated heterocycles. The summed E-state index contributed by atoms with van der Waals surface area (Å²) < 4.78 is 0. The van der Waals surface area contributed by atoms with Crippen LogP contribution in [0.3, 0.4) is 0 Å². The van der Waals surface area contributed by atoms with E-state index in [-0.39, 0.29) is 0 Å². The van der Waals surface area contributed by atoms with Crippen LogP contribution in [-0.4, -0.2) is 18.0 Å². The molecule has 1 heterocycles. The molecule has 0 bridgehead atoms. The average Bonchev–Trinajstić information content (AvgIpc) is 2.20. The Morgan fingerprint density at radius 3 is 2.12 bits per heavy atom. The minimum absolute atomic E-state index is 0.502. The maximum Gasteiger partial charge on any atom is 0.0424 e. The van der Waals surface area contributed by atoms with E-state index in [1.54, 1.807) is 6.07 Å². The highest BCUT2D eigenvalue weighted by Crippen LogP contribution is 2.30. The van der Waals surface area contributed by atoms with Crippen molar-refractivity contribution in [2.45, 2.75) is 33.2 Å². The van der Waals surface area contributed by atoms with Crippen LogP contribution >= 0.6 is 23.2 Å². The first-order valence-electron chi connectivity index (χ1n) is 6.12. The zero-order valence-corrected chi connectivity index (χ0v) is 12.0. The van der Waals surface area contributed by atoms with E-state index in [1.807, 2.05) is 12.1 Å². The van der Waals surface area contributed by atoms with Crippen LogP contribution in [0.25, 0.3) is 0 Å². The summed E-state index contributed by atoms with van der Waals surface area (Å²) in [5.74, 6) is 0. The maximum absolute atomic E-state index is 6.01. The van der Waals surface area contributed by atoms with Crippen LogP contribution < -0.4 is 0 Å². The van der Waals surface area contributed by atoms with Crippen LogP contribution in [0.2, 0.25) is 10.0 Å². The number of hydrogen-bond donors (Lipinski definition) is 0. The van der Waals surface area contributed by atoms with Crippen molar-refractivity contribution in [2.24, 2.45) is 5.41 Å². The van der Waals surface area contributed by atoms with Gasteiger partial charge in [-0.2, -0.15) is 0 Å². The van der Waals surface area contributed by atoms with Crippen LogP contribution in [0.1, 0.15) is 32.3 Å². The highest BCUT2D eigenvalue weighted by molar-refractivity contribution is 6.34. The van der Waals surface area contributed by atoms with Crippen LogP contribution in [0.15, 0.2) is 18.2 Å². The number of halogens is 2. The van der Waals surface area contributed by atoms with Crippen molar-refractivity contribution in [3.05, 3.63) is 33.8 Å². The summed E-state index contributed by atoms with van der Waals surface area (Å²) in [7, 11) is 0. The third kappa shape index (κ3) is 3.87. The Labute approximate surface area is 114 Å². The van der Waals surface area contributed by atoms with E-state index in [9.17, 15) is 0 Å². The molecular formula is C14H19Cl2N. The number of hydrogen-bond acceptors (Lipinski definition) is 1. The standard InChI is InChI=1S/C14H19Cl2N/c1-14(2)3-5-17(6-4-14)10-11-7-12(15)9-13(16)8-11/h7-9H,3-6,10H2,1-2H3. The summed E-state index contributed by atoms with van der Waals surface area (Å²) in [6.07, 6.45) is 2.53. The second-order valence-electron chi connectivity index (χ2n) is 5.72. The lowest BCUT2D eigenvalue weighted by molar-refractivity contribution is 0.127. The van der Waals surface area contributed by atoms with Gasteiger partial charge in [0.1, 0.15) is 0 Å². The van der Waals surface area contributed by atoms with Crippen molar-refractivity contribution >= 4 is 23.2 Å². The summed E-state index contributed by atoms with van der Waals surface area (Å²) in [4.78, 5) is 2.48. The number of piperidine rings is 1. The van der Waals surface area contributed by atoms with Crippen LogP contribution in [0.5, 0.6) is 0 Å². The lowest BCUT2D eigenvalue weighted by atomic mass is 9.82. The molecular weight excluding hydrogens is 253 g/mol. The fourth-order valence-corrected chi connectivity index (χ4v) is 2.85. The molecule has 1 nitrogen and oxygen atoms in total. The molecule has 0 saturated carbocycles. The van der Waals surface area contributed by atoms with Crippen molar-refractivity contribution in [1.82, 2.24) is 4.90 Å². The number of benzene rings is 1. The van der Waals surface area contributed by atoms with Crippen molar-refractivity contribution in [3.63, 3.8) is 0 Å². The Hall–Kier alpha value is -0.240. The first-order chi connectivity index (χ1) is 7.94. The average molecular weight is 272 g/mol. The topological polar surface area (TPSA) is 3.24 Å². The summed E-state index contributed by atoms with van der Waals surface area (Å²) in [6.45, 7) is 7.98. The van der Waals surface area contributed by atoms with Gasteiger partial charge in [0.2, 0.25) is 0 Å². The molecule has 0 atom stereocenters. The molecule has 0 N–H and O–H groups in total. The van der Waals surface area contributed by atoms with Crippen molar-refractivity contribution in [2.75, 3.05) is 13.1 Å². The third-order valence-electron chi connectivity index (χ3n) is 3.54. The Morgan fingerprint density at radius 1 is 1.06 bits per heavy atom. The predicted octanol–water partition coefficient (Wildman–Crippen LogP) is 4.62. The lowest BCUT2D eigenvalue weighted by Gasteiger charge is -2.36. The molecule has 1 aromatic rings. The highest BCUT2D eigenvalue weighted by Gasteiger charge is 2.25. The Kier molecular flexibility index (Phi) is 4.02. The highest BCUT2D eigenvalue weighted by atomic mass is 35.5. The first-order valence-corrected chi connectivity index (χ1v) is 6.88. The van der Waals surface area contributed by atoms with Crippen LogP contribution in [-0.2, 0) is 6.54 Å². The molecule has 0 radical (unpaired) electrons. The Balaban J connectivity index is 1.97. The van der Waals surface area contributed by atoms with E-state index in [0.29, 0.717) is 5.41 Å². The fraction of sp³-hybridized carbons (Fsp3) is 0.571. The van der Waals surface area contributed by atoms with E-state index in [0.717, 1.165) is 29.7 Å². The largest absolute Gasteiger partial charge is 0.299 e. The second-order valence-corrected chi connectivity index (χ2v) is 6.59. The van der Waals surface area contributed by atoms with Crippen molar-refractivity contribution < 1.29 is 0 Å². The van der Waals surface area contributed by atoms with E-state index in [1.165, 1.54) is 18.4 Å². The zero-order valence-electron chi connectivity index (χ0n) is 10.5.